The Labute approximate surface area is 111 Å². The van der Waals surface area contributed by atoms with Gasteiger partial charge in [0.05, 0.1) is 7.11 Å². The molecule has 0 unspecified atom stereocenters. The van der Waals surface area contributed by atoms with Crippen molar-refractivity contribution in [2.24, 2.45) is 5.73 Å². The van der Waals surface area contributed by atoms with Gasteiger partial charge in [0.15, 0.2) is 0 Å². The zero-order chi connectivity index (χ0) is 13.8. The van der Waals surface area contributed by atoms with Gasteiger partial charge in [-0.25, -0.2) is 0 Å². The molecule has 1 aromatic carbocycles. The molecule has 0 fully saturated rings. The summed E-state index contributed by atoms with van der Waals surface area (Å²) < 4.78 is 5.43. The molecule has 18 heavy (non-hydrogen) atoms. The van der Waals surface area contributed by atoms with Crippen molar-refractivity contribution >= 4 is 0 Å². The molecule has 0 bridgehead atoms. The number of nitrogens with two attached hydrogens (primary N) is 1. The first-order valence-corrected chi connectivity index (χ1v) is 6.47. The average Bonchev–Trinajstić information content (AvgIpc) is 2.27. The van der Waals surface area contributed by atoms with E-state index in [1.807, 2.05) is 6.07 Å². The van der Waals surface area contributed by atoms with Crippen LogP contribution in [0.15, 0.2) is 18.2 Å². The van der Waals surface area contributed by atoms with Crippen LogP contribution in [-0.4, -0.2) is 30.6 Å². The van der Waals surface area contributed by atoms with Crippen LogP contribution < -0.4 is 10.5 Å². The maximum absolute atomic E-state index is 5.71. The zero-order valence-corrected chi connectivity index (χ0v) is 12.3. The minimum atomic E-state index is 0.105. The van der Waals surface area contributed by atoms with Crippen LogP contribution in [0.1, 0.15) is 31.9 Å². The van der Waals surface area contributed by atoms with E-state index in [4.69, 9.17) is 10.5 Å². The summed E-state index contributed by atoms with van der Waals surface area (Å²) in [5.74, 6) is 0.951. The number of methoxy groups -OCH3 is 1. The summed E-state index contributed by atoms with van der Waals surface area (Å²) in [7, 11) is 1.72. The number of hydrogen-bond donors (Lipinski definition) is 1. The highest BCUT2D eigenvalue weighted by molar-refractivity contribution is 5.36. The van der Waals surface area contributed by atoms with Crippen LogP contribution in [0.4, 0.5) is 0 Å². The van der Waals surface area contributed by atoms with Crippen LogP contribution in [0.2, 0.25) is 0 Å². The third kappa shape index (κ3) is 4.00. The van der Waals surface area contributed by atoms with Gasteiger partial charge < -0.3 is 10.5 Å². The first kappa shape index (κ1) is 15.0. The van der Waals surface area contributed by atoms with Crippen LogP contribution in [0.5, 0.6) is 5.75 Å². The summed E-state index contributed by atoms with van der Waals surface area (Å²) >= 11 is 0. The Bertz CT molecular complexity index is 383. The van der Waals surface area contributed by atoms with E-state index in [9.17, 15) is 0 Å². The lowest BCUT2D eigenvalue weighted by atomic mass is 10.0. The summed E-state index contributed by atoms with van der Waals surface area (Å²) in [6.45, 7) is 11.2. The lowest BCUT2D eigenvalue weighted by molar-refractivity contribution is 0.131. The molecule has 0 aliphatic carbocycles. The van der Waals surface area contributed by atoms with Gasteiger partial charge in [-0.2, -0.15) is 0 Å². The summed E-state index contributed by atoms with van der Waals surface area (Å²) in [6, 6.07) is 6.30. The molecule has 0 heterocycles. The van der Waals surface area contributed by atoms with Gasteiger partial charge >= 0.3 is 0 Å². The van der Waals surface area contributed by atoms with Crippen LogP contribution in [-0.2, 0) is 6.54 Å². The molecular weight excluding hydrogens is 224 g/mol. The summed E-state index contributed by atoms with van der Waals surface area (Å²) in [5.41, 5.74) is 8.29. The maximum Gasteiger partial charge on any atom is 0.123 e. The Morgan fingerprint density at radius 1 is 1.28 bits per heavy atom. The second-order valence-corrected chi connectivity index (χ2v) is 5.70. The molecule has 0 aliphatic heterocycles. The molecule has 3 nitrogen and oxygen atoms in total. The largest absolute Gasteiger partial charge is 0.496 e. The highest BCUT2D eigenvalue weighted by Crippen LogP contribution is 2.24. The fourth-order valence-electron chi connectivity index (χ4n) is 2.04. The summed E-state index contributed by atoms with van der Waals surface area (Å²) in [5, 5.41) is 0. The van der Waals surface area contributed by atoms with E-state index in [1.165, 1.54) is 11.1 Å². The van der Waals surface area contributed by atoms with Gasteiger partial charge in [0.2, 0.25) is 0 Å². The normalized spacial score (nSPS) is 11.9. The van der Waals surface area contributed by atoms with Gasteiger partial charge in [0.1, 0.15) is 5.75 Å². The third-order valence-corrected chi connectivity index (χ3v) is 3.14. The van der Waals surface area contributed by atoms with Crippen molar-refractivity contribution in [2.45, 2.75) is 39.8 Å². The Hall–Kier alpha value is -1.06. The predicted molar refractivity (Wildman–Crippen MR) is 76.9 cm³/mol. The molecule has 0 saturated carbocycles. The molecule has 1 aromatic rings. The molecule has 0 saturated heterocycles. The standard InChI is InChI=1S/C15H26N2O/c1-12-6-7-14(18-5)13(10-12)11-17(9-8-16)15(2,3)4/h6-7,10H,8-9,11,16H2,1-5H3. The van der Waals surface area contributed by atoms with Crippen molar-refractivity contribution < 1.29 is 4.74 Å². The van der Waals surface area contributed by atoms with Crippen molar-refractivity contribution in [3.63, 3.8) is 0 Å². The van der Waals surface area contributed by atoms with E-state index in [0.717, 1.165) is 18.8 Å². The van der Waals surface area contributed by atoms with Gasteiger partial charge in [-0.1, -0.05) is 17.7 Å². The molecule has 0 aromatic heterocycles. The summed E-state index contributed by atoms with van der Waals surface area (Å²) in [6.07, 6.45) is 0. The Balaban J connectivity index is 2.96. The van der Waals surface area contributed by atoms with Crippen molar-refractivity contribution in [3.8, 4) is 5.75 Å². The van der Waals surface area contributed by atoms with Crippen molar-refractivity contribution in [1.29, 1.82) is 0 Å². The summed E-state index contributed by atoms with van der Waals surface area (Å²) in [4.78, 5) is 2.38. The molecular formula is C15H26N2O. The number of nitrogens with zero attached hydrogens (tertiary/aromatic N) is 1. The van der Waals surface area contributed by atoms with Crippen LogP contribution >= 0.6 is 0 Å². The highest BCUT2D eigenvalue weighted by atomic mass is 16.5. The van der Waals surface area contributed by atoms with Crippen LogP contribution in [0.25, 0.3) is 0 Å². The van der Waals surface area contributed by atoms with E-state index in [0.29, 0.717) is 6.54 Å². The molecule has 102 valence electrons. The topological polar surface area (TPSA) is 38.5 Å². The number of ether oxygens (including phenoxy) is 1. The molecule has 0 amide bonds. The van der Waals surface area contributed by atoms with E-state index < -0.39 is 0 Å². The minimum absolute atomic E-state index is 0.105. The van der Waals surface area contributed by atoms with Gasteiger partial charge in [-0.15, -0.1) is 0 Å². The fourth-order valence-corrected chi connectivity index (χ4v) is 2.04. The number of rotatable bonds is 5. The zero-order valence-electron chi connectivity index (χ0n) is 12.3. The SMILES string of the molecule is COc1ccc(C)cc1CN(CCN)C(C)(C)C. The Kier molecular flexibility index (Phi) is 5.17. The first-order valence-electron chi connectivity index (χ1n) is 6.47. The van der Waals surface area contributed by atoms with Crippen molar-refractivity contribution in [2.75, 3.05) is 20.2 Å². The number of aryl methyl sites for hydroxylation is 1. The molecule has 3 heteroatoms. The second kappa shape index (κ2) is 6.21. The van der Waals surface area contributed by atoms with Crippen molar-refractivity contribution in [3.05, 3.63) is 29.3 Å². The van der Waals surface area contributed by atoms with Gasteiger partial charge in [-0.05, 0) is 33.8 Å². The smallest absolute Gasteiger partial charge is 0.123 e. The molecule has 0 atom stereocenters. The Morgan fingerprint density at radius 3 is 2.44 bits per heavy atom. The molecule has 0 aliphatic rings. The Morgan fingerprint density at radius 2 is 1.94 bits per heavy atom. The van der Waals surface area contributed by atoms with Crippen LogP contribution in [0.3, 0.4) is 0 Å². The van der Waals surface area contributed by atoms with E-state index in [1.54, 1.807) is 7.11 Å². The van der Waals surface area contributed by atoms with Crippen LogP contribution in [0, 0.1) is 6.92 Å². The fraction of sp³-hybridized carbons (Fsp3) is 0.600. The van der Waals surface area contributed by atoms with Gasteiger partial charge in [0.25, 0.3) is 0 Å². The predicted octanol–water partition coefficient (Wildman–Crippen LogP) is 2.56. The lowest BCUT2D eigenvalue weighted by Crippen LogP contribution is -2.43. The molecule has 1 rings (SSSR count). The maximum atomic E-state index is 5.71. The quantitative estimate of drug-likeness (QED) is 0.873. The lowest BCUT2D eigenvalue weighted by Gasteiger charge is -2.35. The van der Waals surface area contributed by atoms with Gasteiger partial charge in [0, 0.05) is 30.7 Å². The van der Waals surface area contributed by atoms with Gasteiger partial charge in [-0.3, -0.25) is 4.90 Å². The third-order valence-electron chi connectivity index (χ3n) is 3.14. The average molecular weight is 250 g/mol. The number of benzene rings is 1. The second-order valence-electron chi connectivity index (χ2n) is 5.70. The number of hydrogen-bond acceptors (Lipinski definition) is 3. The highest BCUT2D eigenvalue weighted by Gasteiger charge is 2.21. The van der Waals surface area contributed by atoms with E-state index in [2.05, 4.69) is 44.7 Å². The molecule has 2 N–H and O–H groups in total. The van der Waals surface area contributed by atoms with E-state index >= 15 is 0 Å². The monoisotopic (exact) mass is 250 g/mol. The first-order chi connectivity index (χ1) is 8.38. The minimum Gasteiger partial charge on any atom is -0.496 e. The molecule has 0 spiro atoms. The van der Waals surface area contributed by atoms with Crippen molar-refractivity contribution in [1.82, 2.24) is 4.90 Å². The van der Waals surface area contributed by atoms with E-state index in [-0.39, 0.29) is 5.54 Å². The molecule has 0 radical (unpaired) electrons.